The highest BCUT2D eigenvalue weighted by Crippen LogP contribution is 2.15. The third kappa shape index (κ3) is 3.44. The van der Waals surface area contributed by atoms with Crippen LogP contribution in [0, 0.1) is 6.92 Å². The predicted octanol–water partition coefficient (Wildman–Crippen LogP) is 1.55. The van der Waals surface area contributed by atoms with E-state index >= 15 is 0 Å². The maximum Gasteiger partial charge on any atom is 0.282 e. The lowest BCUT2D eigenvalue weighted by molar-refractivity contribution is 0.591. The SMILES string of the molecule is Cc1cnn(CCCNc2cnn(C)c(=O)c2Br)c1. The summed E-state index contributed by atoms with van der Waals surface area (Å²) >= 11 is 3.28. The van der Waals surface area contributed by atoms with E-state index in [9.17, 15) is 4.79 Å². The van der Waals surface area contributed by atoms with Crippen LogP contribution in [0.5, 0.6) is 0 Å². The summed E-state index contributed by atoms with van der Waals surface area (Å²) in [6, 6.07) is 0. The quantitative estimate of drug-likeness (QED) is 0.847. The van der Waals surface area contributed by atoms with Gasteiger partial charge in [-0.15, -0.1) is 0 Å². The molecule has 102 valence electrons. The van der Waals surface area contributed by atoms with Gasteiger partial charge in [-0.3, -0.25) is 9.48 Å². The van der Waals surface area contributed by atoms with E-state index < -0.39 is 0 Å². The molecule has 0 amide bonds. The first-order chi connectivity index (χ1) is 9.08. The second kappa shape index (κ2) is 6.01. The highest BCUT2D eigenvalue weighted by molar-refractivity contribution is 9.10. The molecule has 0 atom stereocenters. The third-order valence-corrected chi connectivity index (χ3v) is 3.49. The first kappa shape index (κ1) is 13.8. The van der Waals surface area contributed by atoms with E-state index in [0.29, 0.717) is 4.47 Å². The summed E-state index contributed by atoms with van der Waals surface area (Å²) in [6.07, 6.45) is 6.41. The van der Waals surface area contributed by atoms with Crippen LogP contribution in [0.15, 0.2) is 27.9 Å². The molecule has 0 radical (unpaired) electrons. The van der Waals surface area contributed by atoms with Crippen molar-refractivity contribution >= 4 is 21.6 Å². The van der Waals surface area contributed by atoms with Crippen LogP contribution in [-0.2, 0) is 13.6 Å². The molecular formula is C12H16BrN5O. The zero-order chi connectivity index (χ0) is 13.8. The van der Waals surface area contributed by atoms with Crippen molar-refractivity contribution in [3.63, 3.8) is 0 Å². The molecule has 0 aliphatic carbocycles. The minimum atomic E-state index is -0.146. The average molecular weight is 326 g/mol. The monoisotopic (exact) mass is 325 g/mol. The van der Waals surface area contributed by atoms with Crippen LogP contribution in [-0.4, -0.2) is 26.1 Å². The number of aryl methyl sites for hydroxylation is 3. The molecule has 0 saturated heterocycles. The molecule has 7 heteroatoms. The summed E-state index contributed by atoms with van der Waals surface area (Å²) in [5.41, 5.74) is 1.74. The van der Waals surface area contributed by atoms with Crippen molar-refractivity contribution in [1.82, 2.24) is 19.6 Å². The highest BCUT2D eigenvalue weighted by Gasteiger charge is 2.05. The maximum absolute atomic E-state index is 11.6. The van der Waals surface area contributed by atoms with Crippen molar-refractivity contribution in [1.29, 1.82) is 0 Å². The number of hydrogen-bond acceptors (Lipinski definition) is 4. The molecule has 1 N–H and O–H groups in total. The fourth-order valence-corrected chi connectivity index (χ4v) is 2.19. The van der Waals surface area contributed by atoms with E-state index in [0.717, 1.165) is 30.8 Å². The molecule has 19 heavy (non-hydrogen) atoms. The van der Waals surface area contributed by atoms with Gasteiger partial charge in [0.05, 0.1) is 18.1 Å². The number of rotatable bonds is 5. The van der Waals surface area contributed by atoms with E-state index in [1.807, 2.05) is 24.0 Å². The van der Waals surface area contributed by atoms with Gasteiger partial charge >= 0.3 is 0 Å². The molecule has 2 aromatic rings. The molecule has 0 spiro atoms. The molecule has 0 bridgehead atoms. The van der Waals surface area contributed by atoms with Gasteiger partial charge < -0.3 is 5.32 Å². The van der Waals surface area contributed by atoms with Crippen molar-refractivity contribution in [3.05, 3.63) is 39.0 Å². The molecule has 0 unspecified atom stereocenters. The van der Waals surface area contributed by atoms with Crippen LogP contribution in [0.4, 0.5) is 5.69 Å². The summed E-state index contributed by atoms with van der Waals surface area (Å²) in [5, 5.41) is 11.4. The third-order valence-electron chi connectivity index (χ3n) is 2.72. The van der Waals surface area contributed by atoms with E-state index in [1.165, 1.54) is 4.68 Å². The summed E-state index contributed by atoms with van der Waals surface area (Å²) in [6.45, 7) is 3.62. The van der Waals surface area contributed by atoms with Crippen LogP contribution in [0.1, 0.15) is 12.0 Å². The van der Waals surface area contributed by atoms with Crippen LogP contribution in [0.25, 0.3) is 0 Å². The van der Waals surface area contributed by atoms with Gasteiger partial charge in [0.2, 0.25) is 0 Å². The molecular weight excluding hydrogens is 310 g/mol. The minimum Gasteiger partial charge on any atom is -0.383 e. The summed E-state index contributed by atoms with van der Waals surface area (Å²) in [4.78, 5) is 11.6. The van der Waals surface area contributed by atoms with Gasteiger partial charge in [0, 0.05) is 26.3 Å². The topological polar surface area (TPSA) is 64.7 Å². The maximum atomic E-state index is 11.6. The Morgan fingerprint density at radius 2 is 2.16 bits per heavy atom. The lowest BCUT2D eigenvalue weighted by atomic mass is 10.4. The Hall–Kier alpha value is -1.63. The molecule has 0 fully saturated rings. The fraction of sp³-hybridized carbons (Fsp3) is 0.417. The predicted molar refractivity (Wildman–Crippen MR) is 77.2 cm³/mol. The van der Waals surface area contributed by atoms with E-state index in [4.69, 9.17) is 0 Å². The summed E-state index contributed by atoms with van der Waals surface area (Å²) in [7, 11) is 1.62. The van der Waals surface area contributed by atoms with Crippen LogP contribution >= 0.6 is 15.9 Å². The normalized spacial score (nSPS) is 10.7. The Balaban J connectivity index is 1.86. The van der Waals surface area contributed by atoms with Gasteiger partial charge in [0.15, 0.2) is 0 Å². The van der Waals surface area contributed by atoms with E-state index in [1.54, 1.807) is 13.2 Å². The number of aromatic nitrogens is 4. The molecule has 0 aromatic carbocycles. The number of nitrogens with zero attached hydrogens (tertiary/aromatic N) is 4. The van der Waals surface area contributed by atoms with Gasteiger partial charge in [0.25, 0.3) is 5.56 Å². The molecule has 0 aliphatic rings. The Morgan fingerprint density at radius 3 is 2.84 bits per heavy atom. The fourth-order valence-electron chi connectivity index (χ4n) is 1.69. The lowest BCUT2D eigenvalue weighted by Gasteiger charge is -2.08. The van der Waals surface area contributed by atoms with Gasteiger partial charge in [-0.25, -0.2) is 4.68 Å². The molecule has 6 nitrogen and oxygen atoms in total. The zero-order valence-electron chi connectivity index (χ0n) is 10.9. The zero-order valence-corrected chi connectivity index (χ0v) is 12.5. The van der Waals surface area contributed by atoms with Gasteiger partial charge in [-0.2, -0.15) is 10.2 Å². The molecule has 2 heterocycles. The summed E-state index contributed by atoms with van der Waals surface area (Å²) < 4.78 is 3.72. The Morgan fingerprint density at radius 1 is 1.37 bits per heavy atom. The van der Waals surface area contributed by atoms with Crippen molar-refractivity contribution < 1.29 is 0 Å². The largest absolute Gasteiger partial charge is 0.383 e. The standard InChI is InChI=1S/C12H16BrN5O/c1-9-6-16-18(8-9)5-3-4-14-10-7-15-17(2)12(19)11(10)13/h6-8,14H,3-5H2,1-2H3. The van der Waals surface area contributed by atoms with Gasteiger partial charge in [0.1, 0.15) is 4.47 Å². The average Bonchev–Trinajstić information content (AvgIpc) is 2.80. The molecule has 2 aromatic heterocycles. The Kier molecular flexibility index (Phi) is 4.36. The molecule has 0 aliphatic heterocycles. The number of anilines is 1. The Bertz CT molecular complexity index is 619. The number of halogens is 1. The second-order valence-electron chi connectivity index (χ2n) is 4.36. The first-order valence-electron chi connectivity index (χ1n) is 6.02. The van der Waals surface area contributed by atoms with Crippen LogP contribution in [0.2, 0.25) is 0 Å². The van der Waals surface area contributed by atoms with Crippen molar-refractivity contribution in [3.8, 4) is 0 Å². The van der Waals surface area contributed by atoms with Gasteiger partial charge in [-0.1, -0.05) is 0 Å². The Labute approximate surface area is 119 Å². The van der Waals surface area contributed by atoms with Crippen molar-refractivity contribution in [2.75, 3.05) is 11.9 Å². The minimum absolute atomic E-state index is 0.146. The number of nitrogens with one attached hydrogen (secondary N) is 1. The molecule has 2 rings (SSSR count). The van der Waals surface area contributed by atoms with Crippen molar-refractivity contribution in [2.24, 2.45) is 7.05 Å². The van der Waals surface area contributed by atoms with Crippen LogP contribution < -0.4 is 10.9 Å². The first-order valence-corrected chi connectivity index (χ1v) is 6.82. The summed E-state index contributed by atoms with van der Waals surface area (Å²) in [5.74, 6) is 0. The number of hydrogen-bond donors (Lipinski definition) is 1. The second-order valence-corrected chi connectivity index (χ2v) is 5.16. The van der Waals surface area contributed by atoms with Crippen molar-refractivity contribution in [2.45, 2.75) is 19.9 Å². The lowest BCUT2D eigenvalue weighted by Crippen LogP contribution is -2.21. The van der Waals surface area contributed by atoms with Crippen LogP contribution in [0.3, 0.4) is 0 Å². The van der Waals surface area contributed by atoms with E-state index in [2.05, 4.69) is 31.4 Å². The van der Waals surface area contributed by atoms with E-state index in [-0.39, 0.29) is 5.56 Å². The van der Waals surface area contributed by atoms with Gasteiger partial charge in [-0.05, 0) is 34.8 Å². The highest BCUT2D eigenvalue weighted by atomic mass is 79.9. The molecule has 0 saturated carbocycles. The smallest absolute Gasteiger partial charge is 0.282 e.